The van der Waals surface area contributed by atoms with E-state index in [0.717, 1.165) is 27.8 Å². The Labute approximate surface area is 129 Å². The van der Waals surface area contributed by atoms with Crippen LogP contribution in [0.15, 0.2) is 36.8 Å². The predicted molar refractivity (Wildman–Crippen MR) is 90.8 cm³/mol. The van der Waals surface area contributed by atoms with E-state index in [4.69, 9.17) is 5.73 Å². The summed E-state index contributed by atoms with van der Waals surface area (Å²) in [6.45, 7) is 4.32. The molecule has 3 N–H and O–H groups in total. The van der Waals surface area contributed by atoms with Crippen LogP contribution >= 0.6 is 0 Å². The van der Waals surface area contributed by atoms with Gasteiger partial charge in [0.15, 0.2) is 0 Å². The fourth-order valence-electron chi connectivity index (χ4n) is 2.57. The third-order valence-corrected chi connectivity index (χ3v) is 3.75. The molecule has 112 valence electrons. The molecular formula is C17H19N5. The average molecular weight is 293 g/mol. The minimum absolute atomic E-state index is 0.391. The van der Waals surface area contributed by atoms with Crippen LogP contribution in [0.4, 0.5) is 11.6 Å². The Kier molecular flexibility index (Phi) is 3.63. The number of nitrogen functional groups attached to an aromatic ring is 1. The number of hydrogen-bond acceptors (Lipinski definition) is 5. The van der Waals surface area contributed by atoms with Crippen LogP contribution in [0, 0.1) is 0 Å². The molecule has 3 rings (SSSR count). The topological polar surface area (TPSA) is 76.7 Å². The highest BCUT2D eigenvalue weighted by Crippen LogP contribution is 2.31. The minimum atomic E-state index is 0.391. The van der Waals surface area contributed by atoms with Crippen molar-refractivity contribution < 1.29 is 0 Å². The van der Waals surface area contributed by atoms with Crippen LogP contribution in [0.1, 0.15) is 25.3 Å². The molecule has 0 aromatic carbocycles. The number of hydrogen-bond donors (Lipinski definition) is 2. The molecule has 3 aromatic rings. The lowest BCUT2D eigenvalue weighted by Crippen LogP contribution is -2.00. The maximum Gasteiger partial charge on any atom is 0.133 e. The van der Waals surface area contributed by atoms with Crippen molar-refractivity contribution >= 4 is 22.4 Å². The van der Waals surface area contributed by atoms with Gasteiger partial charge in [0.25, 0.3) is 0 Å². The molecule has 0 saturated carbocycles. The van der Waals surface area contributed by atoms with E-state index in [1.165, 1.54) is 5.56 Å². The van der Waals surface area contributed by atoms with Crippen molar-refractivity contribution in [1.82, 2.24) is 15.0 Å². The molecule has 3 aromatic heterocycles. The van der Waals surface area contributed by atoms with E-state index in [2.05, 4.69) is 34.1 Å². The Morgan fingerprint density at radius 3 is 2.73 bits per heavy atom. The third-order valence-electron chi connectivity index (χ3n) is 3.75. The quantitative estimate of drug-likeness (QED) is 0.773. The van der Waals surface area contributed by atoms with Gasteiger partial charge in [0.2, 0.25) is 0 Å². The molecule has 0 fully saturated rings. The highest BCUT2D eigenvalue weighted by molar-refractivity contribution is 5.94. The molecule has 5 heteroatoms. The molecule has 0 atom stereocenters. The summed E-state index contributed by atoms with van der Waals surface area (Å²) >= 11 is 0. The zero-order valence-electron chi connectivity index (χ0n) is 13.0. The summed E-state index contributed by atoms with van der Waals surface area (Å²) in [7, 11) is 1.84. The Morgan fingerprint density at radius 1 is 1.18 bits per heavy atom. The first-order chi connectivity index (χ1) is 10.6. The second-order valence-electron chi connectivity index (χ2n) is 5.55. The second kappa shape index (κ2) is 5.60. The Morgan fingerprint density at radius 2 is 2.00 bits per heavy atom. The Hall–Kier alpha value is -2.69. The number of nitrogens with one attached hydrogen (secondary N) is 1. The van der Waals surface area contributed by atoms with E-state index in [1.54, 1.807) is 6.20 Å². The van der Waals surface area contributed by atoms with E-state index in [9.17, 15) is 0 Å². The summed E-state index contributed by atoms with van der Waals surface area (Å²) in [5, 5.41) is 4.92. The van der Waals surface area contributed by atoms with Gasteiger partial charge >= 0.3 is 0 Å². The average Bonchev–Trinajstić information content (AvgIpc) is 2.54. The first kappa shape index (κ1) is 14.3. The summed E-state index contributed by atoms with van der Waals surface area (Å²) in [5.41, 5.74) is 9.20. The van der Waals surface area contributed by atoms with Crippen molar-refractivity contribution in [2.75, 3.05) is 18.1 Å². The van der Waals surface area contributed by atoms with E-state index >= 15 is 0 Å². The molecule has 0 radical (unpaired) electrons. The highest BCUT2D eigenvalue weighted by Gasteiger charge is 2.12. The van der Waals surface area contributed by atoms with E-state index in [1.807, 2.05) is 37.6 Å². The molecule has 0 bridgehead atoms. The molecule has 0 saturated heterocycles. The number of anilines is 2. The van der Waals surface area contributed by atoms with Gasteiger partial charge in [-0.25, -0.2) is 9.97 Å². The summed E-state index contributed by atoms with van der Waals surface area (Å²) in [5.74, 6) is 1.68. The van der Waals surface area contributed by atoms with Crippen molar-refractivity contribution in [1.29, 1.82) is 0 Å². The van der Waals surface area contributed by atoms with Gasteiger partial charge in [-0.2, -0.15) is 0 Å². The van der Waals surface area contributed by atoms with Crippen molar-refractivity contribution in [3.05, 3.63) is 42.4 Å². The van der Waals surface area contributed by atoms with Gasteiger partial charge in [-0.15, -0.1) is 0 Å². The van der Waals surface area contributed by atoms with Gasteiger partial charge in [0.1, 0.15) is 11.6 Å². The summed E-state index contributed by atoms with van der Waals surface area (Å²) < 4.78 is 0. The van der Waals surface area contributed by atoms with Crippen molar-refractivity contribution in [3.63, 3.8) is 0 Å². The lowest BCUT2D eigenvalue weighted by molar-refractivity contribution is 0.864. The smallest absolute Gasteiger partial charge is 0.133 e. The summed E-state index contributed by atoms with van der Waals surface area (Å²) in [6, 6.07) is 6.05. The minimum Gasteiger partial charge on any atom is -0.383 e. The van der Waals surface area contributed by atoms with Gasteiger partial charge in [-0.3, -0.25) is 4.98 Å². The van der Waals surface area contributed by atoms with Crippen molar-refractivity contribution in [2.45, 2.75) is 19.8 Å². The Balaban J connectivity index is 2.24. The number of nitrogens with two attached hydrogens (primary N) is 1. The van der Waals surface area contributed by atoms with E-state index in [0.29, 0.717) is 11.7 Å². The Bertz CT molecular complexity index is 826. The molecule has 22 heavy (non-hydrogen) atoms. The molecule has 5 nitrogen and oxygen atoms in total. The second-order valence-corrected chi connectivity index (χ2v) is 5.55. The molecule has 0 aliphatic carbocycles. The normalized spacial score (nSPS) is 11.1. The maximum absolute atomic E-state index is 6.12. The van der Waals surface area contributed by atoms with Crippen molar-refractivity contribution in [3.8, 4) is 11.3 Å². The highest BCUT2D eigenvalue weighted by atomic mass is 15.0. The van der Waals surface area contributed by atoms with Gasteiger partial charge < -0.3 is 11.1 Å². The monoisotopic (exact) mass is 293 g/mol. The van der Waals surface area contributed by atoms with Gasteiger partial charge in [-0.1, -0.05) is 13.8 Å². The summed E-state index contributed by atoms with van der Waals surface area (Å²) in [6.07, 6.45) is 5.41. The van der Waals surface area contributed by atoms with Crippen LogP contribution in [-0.4, -0.2) is 22.0 Å². The van der Waals surface area contributed by atoms with Crippen LogP contribution in [-0.2, 0) is 0 Å². The zero-order valence-corrected chi connectivity index (χ0v) is 13.0. The molecule has 0 unspecified atom stereocenters. The predicted octanol–water partition coefficient (Wildman–Crippen LogP) is 3.44. The van der Waals surface area contributed by atoms with Gasteiger partial charge in [-0.05, 0) is 35.1 Å². The molecule has 0 aliphatic rings. The fraction of sp³-hybridized carbons (Fsp3) is 0.235. The first-order valence-corrected chi connectivity index (χ1v) is 7.28. The zero-order chi connectivity index (χ0) is 15.7. The maximum atomic E-state index is 6.12. The number of rotatable bonds is 3. The van der Waals surface area contributed by atoms with Gasteiger partial charge in [0.05, 0.1) is 5.69 Å². The van der Waals surface area contributed by atoms with Crippen LogP contribution in [0.25, 0.3) is 22.0 Å². The first-order valence-electron chi connectivity index (χ1n) is 7.28. The SMILES string of the molecule is CNc1cc2cc(-c3cnccc3C(C)C)nc(N)c2cn1. The van der Waals surface area contributed by atoms with Crippen LogP contribution in [0.5, 0.6) is 0 Å². The fourth-order valence-corrected chi connectivity index (χ4v) is 2.57. The molecule has 0 spiro atoms. The molecule has 0 aliphatic heterocycles. The third kappa shape index (κ3) is 2.45. The largest absolute Gasteiger partial charge is 0.383 e. The van der Waals surface area contributed by atoms with Crippen LogP contribution < -0.4 is 11.1 Å². The standard InChI is InChI=1S/C17H19N5/c1-10(2)12-4-5-20-8-14(12)15-6-11-7-16(19-3)21-9-13(11)17(18)22-15/h4-10H,1-3H3,(H2,18,22)(H,19,21). The van der Waals surface area contributed by atoms with Crippen LogP contribution in [0.2, 0.25) is 0 Å². The van der Waals surface area contributed by atoms with Crippen molar-refractivity contribution in [2.24, 2.45) is 0 Å². The number of pyridine rings is 3. The van der Waals surface area contributed by atoms with E-state index < -0.39 is 0 Å². The van der Waals surface area contributed by atoms with Gasteiger partial charge in [0, 0.05) is 36.6 Å². The van der Waals surface area contributed by atoms with Crippen LogP contribution in [0.3, 0.4) is 0 Å². The lowest BCUT2D eigenvalue weighted by Gasteiger charge is -2.13. The number of fused-ring (bicyclic) bond motifs is 1. The molecule has 0 amide bonds. The lowest BCUT2D eigenvalue weighted by atomic mass is 9.96. The van der Waals surface area contributed by atoms with E-state index in [-0.39, 0.29) is 0 Å². The molecule has 3 heterocycles. The summed E-state index contributed by atoms with van der Waals surface area (Å²) in [4.78, 5) is 13.1. The number of nitrogens with zero attached hydrogens (tertiary/aromatic N) is 3. The molecular weight excluding hydrogens is 274 g/mol. The number of aromatic nitrogens is 3.